The number of aromatic nitrogens is 1. The molecule has 1 unspecified atom stereocenters. The van der Waals surface area contributed by atoms with Crippen molar-refractivity contribution in [2.75, 3.05) is 5.32 Å². The number of nitrogens with zero attached hydrogens (tertiary/aromatic N) is 1. The largest absolute Gasteiger partial charge is 0.365 e. The number of benzene rings is 1. The lowest BCUT2D eigenvalue weighted by Crippen LogP contribution is -2.28. The van der Waals surface area contributed by atoms with Crippen LogP contribution in [0.25, 0.3) is 0 Å². The van der Waals surface area contributed by atoms with Crippen LogP contribution in [0.5, 0.6) is 0 Å². The Kier molecular flexibility index (Phi) is 3.15. The number of hydrogen-bond acceptors (Lipinski definition) is 2. The summed E-state index contributed by atoms with van der Waals surface area (Å²) in [4.78, 5) is 3.77. The van der Waals surface area contributed by atoms with Crippen LogP contribution >= 0.6 is 0 Å². The highest BCUT2D eigenvalue weighted by Gasteiger charge is 2.19. The first kappa shape index (κ1) is 12.1. The van der Waals surface area contributed by atoms with Crippen molar-refractivity contribution in [3.63, 3.8) is 0 Å². The second kappa shape index (κ2) is 4.96. The summed E-state index contributed by atoms with van der Waals surface area (Å²) in [5.41, 5.74) is 2.64. The van der Waals surface area contributed by atoms with Crippen LogP contribution in [0, 0.1) is 11.6 Å². The van der Waals surface area contributed by atoms with Gasteiger partial charge >= 0.3 is 0 Å². The van der Waals surface area contributed by atoms with Gasteiger partial charge in [-0.3, -0.25) is 0 Å². The Morgan fingerprint density at radius 3 is 2.74 bits per heavy atom. The van der Waals surface area contributed by atoms with Crippen LogP contribution in [0.2, 0.25) is 0 Å². The molecule has 0 aliphatic heterocycles. The van der Waals surface area contributed by atoms with Crippen molar-refractivity contribution < 1.29 is 8.78 Å². The quantitative estimate of drug-likeness (QED) is 0.896. The van der Waals surface area contributed by atoms with Gasteiger partial charge in [0.15, 0.2) is 11.6 Å². The molecule has 1 aromatic carbocycles. The Morgan fingerprint density at radius 2 is 1.95 bits per heavy atom. The van der Waals surface area contributed by atoms with Gasteiger partial charge in [-0.05, 0) is 30.4 Å². The lowest BCUT2D eigenvalue weighted by atomic mass is 9.88. The smallest absolute Gasteiger partial charge is 0.168 e. The summed E-state index contributed by atoms with van der Waals surface area (Å²) in [5, 5.41) is 3.06. The van der Waals surface area contributed by atoms with Gasteiger partial charge in [-0.2, -0.15) is 0 Å². The van der Waals surface area contributed by atoms with Crippen molar-refractivity contribution in [3.05, 3.63) is 59.3 Å². The molecule has 0 saturated carbocycles. The summed E-state index contributed by atoms with van der Waals surface area (Å²) >= 11 is 0. The van der Waals surface area contributed by atoms with Gasteiger partial charge in [0.2, 0.25) is 0 Å². The number of rotatable bonds is 2. The predicted molar refractivity (Wildman–Crippen MR) is 70.0 cm³/mol. The molecule has 0 amide bonds. The number of fused-ring (bicyclic) bond motifs is 1. The molecular formula is C15H14F2N2. The van der Waals surface area contributed by atoms with Gasteiger partial charge in [0, 0.05) is 12.1 Å². The van der Waals surface area contributed by atoms with E-state index in [2.05, 4.69) is 22.4 Å². The average molecular weight is 260 g/mol. The van der Waals surface area contributed by atoms with Gasteiger partial charge in [0.05, 0.1) is 6.20 Å². The van der Waals surface area contributed by atoms with Crippen molar-refractivity contribution >= 4 is 5.82 Å². The summed E-state index contributed by atoms with van der Waals surface area (Å²) in [6.45, 7) is 0. The summed E-state index contributed by atoms with van der Waals surface area (Å²) in [5.74, 6) is -1.17. The fraction of sp³-hybridized carbons (Fsp3) is 0.267. The van der Waals surface area contributed by atoms with Gasteiger partial charge in [-0.15, -0.1) is 0 Å². The average Bonchev–Trinajstić information content (AvgIpc) is 2.42. The van der Waals surface area contributed by atoms with Crippen LogP contribution in [0.15, 0.2) is 36.5 Å². The molecule has 1 aromatic heterocycles. The molecule has 3 rings (SSSR count). The molecule has 1 atom stereocenters. The number of pyridine rings is 1. The third kappa shape index (κ3) is 2.57. The van der Waals surface area contributed by atoms with Crippen LogP contribution in [0.3, 0.4) is 0 Å². The van der Waals surface area contributed by atoms with Gasteiger partial charge in [-0.25, -0.2) is 13.8 Å². The standard InChI is InChI=1S/C15H14F2N2/c16-12-8-14(17)15(18-9-12)19-13-6-5-10-3-1-2-4-11(10)7-13/h1-4,8-9,13H,5-7H2,(H,18,19). The van der Waals surface area contributed by atoms with Crippen molar-refractivity contribution in [2.24, 2.45) is 0 Å². The van der Waals surface area contributed by atoms with E-state index in [1.54, 1.807) is 0 Å². The van der Waals surface area contributed by atoms with Crippen molar-refractivity contribution in [1.82, 2.24) is 4.98 Å². The molecule has 2 aromatic rings. The minimum Gasteiger partial charge on any atom is -0.365 e. The molecule has 2 nitrogen and oxygen atoms in total. The molecule has 0 saturated heterocycles. The number of halogens is 2. The van der Waals surface area contributed by atoms with Crippen LogP contribution in [0.4, 0.5) is 14.6 Å². The highest BCUT2D eigenvalue weighted by molar-refractivity contribution is 5.39. The topological polar surface area (TPSA) is 24.9 Å². The lowest BCUT2D eigenvalue weighted by Gasteiger charge is -2.26. The minimum atomic E-state index is -0.656. The van der Waals surface area contributed by atoms with Crippen LogP contribution in [-0.2, 0) is 12.8 Å². The first-order chi connectivity index (χ1) is 9.22. The molecular weight excluding hydrogens is 246 g/mol. The van der Waals surface area contributed by atoms with E-state index in [0.717, 1.165) is 31.5 Å². The number of nitrogens with one attached hydrogen (secondary N) is 1. The zero-order valence-electron chi connectivity index (χ0n) is 10.4. The number of aryl methyl sites for hydroxylation is 1. The van der Waals surface area contributed by atoms with Gasteiger partial charge in [0.25, 0.3) is 0 Å². The molecule has 19 heavy (non-hydrogen) atoms. The van der Waals surface area contributed by atoms with Crippen LogP contribution < -0.4 is 5.32 Å². The molecule has 1 heterocycles. The molecule has 98 valence electrons. The first-order valence-corrected chi connectivity index (χ1v) is 6.37. The zero-order chi connectivity index (χ0) is 13.2. The summed E-state index contributed by atoms with van der Waals surface area (Å²) in [6, 6.07) is 9.26. The number of hydrogen-bond donors (Lipinski definition) is 1. The molecule has 0 radical (unpaired) electrons. The van der Waals surface area contributed by atoms with E-state index in [1.165, 1.54) is 11.1 Å². The third-order valence-corrected chi connectivity index (χ3v) is 3.50. The molecule has 4 heteroatoms. The second-order valence-corrected chi connectivity index (χ2v) is 4.84. The van der Waals surface area contributed by atoms with Gasteiger partial charge in [0.1, 0.15) is 5.82 Å². The monoisotopic (exact) mass is 260 g/mol. The van der Waals surface area contributed by atoms with E-state index < -0.39 is 11.6 Å². The molecule has 1 aliphatic carbocycles. The third-order valence-electron chi connectivity index (χ3n) is 3.50. The van der Waals surface area contributed by atoms with Crippen molar-refractivity contribution in [2.45, 2.75) is 25.3 Å². The minimum absolute atomic E-state index is 0.130. The molecule has 1 aliphatic rings. The summed E-state index contributed by atoms with van der Waals surface area (Å²) in [7, 11) is 0. The van der Waals surface area contributed by atoms with Crippen LogP contribution in [0.1, 0.15) is 17.5 Å². The Labute approximate surface area is 110 Å². The van der Waals surface area contributed by atoms with E-state index in [0.29, 0.717) is 0 Å². The second-order valence-electron chi connectivity index (χ2n) is 4.84. The highest BCUT2D eigenvalue weighted by Crippen LogP contribution is 2.24. The Morgan fingerprint density at radius 1 is 1.16 bits per heavy atom. The van der Waals surface area contributed by atoms with E-state index in [1.807, 2.05) is 12.1 Å². The first-order valence-electron chi connectivity index (χ1n) is 6.37. The van der Waals surface area contributed by atoms with E-state index in [9.17, 15) is 8.78 Å². The Balaban J connectivity index is 1.75. The van der Waals surface area contributed by atoms with Gasteiger partial charge < -0.3 is 5.32 Å². The summed E-state index contributed by atoms with van der Waals surface area (Å²) in [6.07, 6.45) is 3.77. The zero-order valence-corrected chi connectivity index (χ0v) is 10.4. The number of anilines is 1. The maximum atomic E-state index is 13.5. The maximum absolute atomic E-state index is 13.5. The van der Waals surface area contributed by atoms with E-state index >= 15 is 0 Å². The van der Waals surface area contributed by atoms with E-state index in [4.69, 9.17) is 0 Å². The highest BCUT2D eigenvalue weighted by atomic mass is 19.1. The summed E-state index contributed by atoms with van der Waals surface area (Å²) < 4.78 is 26.3. The maximum Gasteiger partial charge on any atom is 0.168 e. The predicted octanol–water partition coefficient (Wildman–Crippen LogP) is 3.33. The van der Waals surface area contributed by atoms with Crippen molar-refractivity contribution in [1.29, 1.82) is 0 Å². The Bertz CT molecular complexity index is 598. The SMILES string of the molecule is Fc1cnc(NC2CCc3ccccc3C2)c(F)c1. The van der Waals surface area contributed by atoms with Crippen molar-refractivity contribution in [3.8, 4) is 0 Å². The molecule has 0 fully saturated rings. The lowest BCUT2D eigenvalue weighted by molar-refractivity contribution is 0.562. The molecule has 1 N–H and O–H groups in total. The fourth-order valence-corrected chi connectivity index (χ4v) is 2.54. The normalized spacial score (nSPS) is 17.9. The Hall–Kier alpha value is -1.97. The fourth-order valence-electron chi connectivity index (χ4n) is 2.54. The van der Waals surface area contributed by atoms with Crippen LogP contribution in [-0.4, -0.2) is 11.0 Å². The van der Waals surface area contributed by atoms with Gasteiger partial charge in [-0.1, -0.05) is 24.3 Å². The molecule has 0 bridgehead atoms. The molecule has 0 spiro atoms. The van der Waals surface area contributed by atoms with E-state index in [-0.39, 0.29) is 11.9 Å².